The molecule has 1 saturated carbocycles. The summed E-state index contributed by atoms with van der Waals surface area (Å²) in [4.78, 5) is 4.27. The van der Waals surface area contributed by atoms with Crippen LogP contribution in [0.4, 0.5) is 4.39 Å². The van der Waals surface area contributed by atoms with E-state index in [1.54, 1.807) is 19.2 Å². The predicted molar refractivity (Wildman–Crippen MR) is 90.9 cm³/mol. The van der Waals surface area contributed by atoms with Crippen LogP contribution in [0.5, 0.6) is 0 Å². The lowest BCUT2D eigenvalue weighted by Crippen LogP contribution is -2.40. The van der Waals surface area contributed by atoms with E-state index in [1.165, 1.54) is 11.6 Å². The lowest BCUT2D eigenvalue weighted by atomic mass is 9.96. The van der Waals surface area contributed by atoms with Gasteiger partial charge in [0.15, 0.2) is 5.96 Å². The normalized spacial score (nSPS) is 16.2. The SMILES string of the molecule is CN=C(NCc1ccn(C)c1)NCC1(c2cccc(F)c2)CC1. The summed E-state index contributed by atoms with van der Waals surface area (Å²) in [5.74, 6) is 0.608. The number of aromatic nitrogens is 1. The zero-order chi connectivity index (χ0) is 16.3. The van der Waals surface area contributed by atoms with E-state index >= 15 is 0 Å². The van der Waals surface area contributed by atoms with Crippen molar-refractivity contribution < 1.29 is 4.39 Å². The first kappa shape index (κ1) is 15.6. The Morgan fingerprint density at radius 1 is 1.30 bits per heavy atom. The fourth-order valence-corrected chi connectivity index (χ4v) is 2.86. The molecule has 0 spiro atoms. The van der Waals surface area contributed by atoms with Crippen LogP contribution in [0.15, 0.2) is 47.7 Å². The van der Waals surface area contributed by atoms with Crippen molar-refractivity contribution in [3.63, 3.8) is 0 Å². The van der Waals surface area contributed by atoms with Crippen molar-refractivity contribution in [1.29, 1.82) is 0 Å². The van der Waals surface area contributed by atoms with Crippen LogP contribution in [-0.2, 0) is 19.0 Å². The lowest BCUT2D eigenvalue weighted by Gasteiger charge is -2.19. The monoisotopic (exact) mass is 314 g/mol. The van der Waals surface area contributed by atoms with Gasteiger partial charge in [-0.05, 0) is 42.2 Å². The number of hydrogen-bond donors (Lipinski definition) is 2. The minimum atomic E-state index is -0.166. The molecule has 0 amide bonds. The molecule has 0 unspecified atom stereocenters. The second-order valence-electron chi connectivity index (χ2n) is 6.26. The summed E-state index contributed by atoms with van der Waals surface area (Å²) in [6, 6.07) is 9.02. The second kappa shape index (κ2) is 6.44. The van der Waals surface area contributed by atoms with Crippen molar-refractivity contribution in [3.8, 4) is 0 Å². The molecular weight excluding hydrogens is 291 g/mol. The van der Waals surface area contributed by atoms with Crippen molar-refractivity contribution in [2.75, 3.05) is 13.6 Å². The van der Waals surface area contributed by atoms with E-state index in [2.05, 4.69) is 27.9 Å². The summed E-state index contributed by atoms with van der Waals surface area (Å²) in [6.07, 6.45) is 6.27. The molecule has 1 fully saturated rings. The highest BCUT2D eigenvalue weighted by atomic mass is 19.1. The fraction of sp³-hybridized carbons (Fsp3) is 0.389. The fourth-order valence-electron chi connectivity index (χ4n) is 2.86. The molecule has 0 saturated heterocycles. The summed E-state index contributed by atoms with van der Waals surface area (Å²) in [5.41, 5.74) is 2.33. The van der Waals surface area contributed by atoms with Crippen molar-refractivity contribution in [2.24, 2.45) is 12.0 Å². The van der Waals surface area contributed by atoms with Gasteiger partial charge in [0.1, 0.15) is 5.82 Å². The van der Waals surface area contributed by atoms with Crippen LogP contribution < -0.4 is 10.6 Å². The van der Waals surface area contributed by atoms with Crippen LogP contribution in [-0.4, -0.2) is 24.1 Å². The molecular formula is C18H23FN4. The van der Waals surface area contributed by atoms with Crippen LogP contribution in [0.2, 0.25) is 0 Å². The first-order chi connectivity index (χ1) is 11.1. The average Bonchev–Trinajstić information content (AvgIpc) is 3.23. The molecule has 5 heteroatoms. The number of benzene rings is 1. The molecule has 122 valence electrons. The summed E-state index contributed by atoms with van der Waals surface area (Å²) in [6.45, 7) is 1.50. The molecule has 1 aromatic carbocycles. The number of aliphatic imine (C=N–C) groups is 1. The molecule has 2 aromatic rings. The zero-order valence-corrected chi connectivity index (χ0v) is 13.6. The zero-order valence-electron chi connectivity index (χ0n) is 13.6. The number of guanidine groups is 1. The quantitative estimate of drug-likeness (QED) is 0.658. The van der Waals surface area contributed by atoms with Crippen molar-refractivity contribution in [3.05, 3.63) is 59.7 Å². The standard InChI is InChI=1S/C18H23FN4/c1-20-17(21-11-14-6-9-23(2)12-14)22-13-18(7-8-18)15-4-3-5-16(19)10-15/h3-6,9-10,12H,7-8,11,13H2,1-2H3,(H2,20,21,22). The van der Waals surface area contributed by atoms with Crippen LogP contribution in [0, 0.1) is 5.82 Å². The van der Waals surface area contributed by atoms with Gasteiger partial charge in [-0.1, -0.05) is 12.1 Å². The Kier molecular flexibility index (Phi) is 4.37. The molecule has 0 bridgehead atoms. The highest BCUT2D eigenvalue weighted by molar-refractivity contribution is 5.79. The first-order valence-electron chi connectivity index (χ1n) is 7.93. The molecule has 0 atom stereocenters. The van der Waals surface area contributed by atoms with E-state index in [0.717, 1.165) is 37.5 Å². The minimum Gasteiger partial charge on any atom is -0.357 e. The van der Waals surface area contributed by atoms with E-state index in [0.29, 0.717) is 0 Å². The number of aryl methyl sites for hydroxylation is 1. The summed E-state index contributed by atoms with van der Waals surface area (Å²) >= 11 is 0. The Morgan fingerprint density at radius 3 is 2.74 bits per heavy atom. The molecule has 0 radical (unpaired) electrons. The highest BCUT2D eigenvalue weighted by Gasteiger charge is 2.44. The Balaban J connectivity index is 1.56. The van der Waals surface area contributed by atoms with E-state index in [9.17, 15) is 4.39 Å². The molecule has 1 heterocycles. The van der Waals surface area contributed by atoms with Gasteiger partial charge in [0, 0.05) is 45.0 Å². The Morgan fingerprint density at radius 2 is 2.13 bits per heavy atom. The average molecular weight is 314 g/mol. The summed E-state index contributed by atoms with van der Waals surface area (Å²) in [7, 11) is 3.77. The van der Waals surface area contributed by atoms with Gasteiger partial charge in [-0.15, -0.1) is 0 Å². The second-order valence-corrected chi connectivity index (χ2v) is 6.26. The number of halogens is 1. The molecule has 23 heavy (non-hydrogen) atoms. The van der Waals surface area contributed by atoms with E-state index in [1.807, 2.05) is 23.9 Å². The van der Waals surface area contributed by atoms with Crippen LogP contribution in [0.1, 0.15) is 24.0 Å². The summed E-state index contributed by atoms with van der Waals surface area (Å²) in [5, 5.41) is 6.69. The van der Waals surface area contributed by atoms with Gasteiger partial charge in [0.2, 0.25) is 0 Å². The molecule has 2 N–H and O–H groups in total. The maximum Gasteiger partial charge on any atom is 0.191 e. The predicted octanol–water partition coefficient (Wildman–Crippen LogP) is 2.56. The first-order valence-corrected chi connectivity index (χ1v) is 7.93. The van der Waals surface area contributed by atoms with E-state index < -0.39 is 0 Å². The summed E-state index contributed by atoms with van der Waals surface area (Å²) < 4.78 is 15.5. The molecule has 1 aliphatic rings. The molecule has 1 aliphatic carbocycles. The lowest BCUT2D eigenvalue weighted by molar-refractivity contribution is 0.607. The molecule has 0 aliphatic heterocycles. The highest BCUT2D eigenvalue weighted by Crippen LogP contribution is 2.47. The van der Waals surface area contributed by atoms with E-state index in [-0.39, 0.29) is 11.2 Å². The van der Waals surface area contributed by atoms with Gasteiger partial charge < -0.3 is 15.2 Å². The van der Waals surface area contributed by atoms with Gasteiger partial charge in [0.05, 0.1) is 0 Å². The van der Waals surface area contributed by atoms with Crippen molar-refractivity contribution in [2.45, 2.75) is 24.8 Å². The Hall–Kier alpha value is -2.30. The number of nitrogens with zero attached hydrogens (tertiary/aromatic N) is 2. The van der Waals surface area contributed by atoms with Gasteiger partial charge in [-0.3, -0.25) is 4.99 Å². The Labute approximate surface area is 136 Å². The maximum atomic E-state index is 13.4. The third-order valence-electron chi connectivity index (χ3n) is 4.46. The van der Waals surface area contributed by atoms with Gasteiger partial charge in [-0.2, -0.15) is 0 Å². The Bertz CT molecular complexity index is 701. The maximum absolute atomic E-state index is 13.4. The van der Waals surface area contributed by atoms with Crippen LogP contribution >= 0.6 is 0 Å². The van der Waals surface area contributed by atoms with Crippen LogP contribution in [0.25, 0.3) is 0 Å². The van der Waals surface area contributed by atoms with E-state index in [4.69, 9.17) is 0 Å². The number of rotatable bonds is 5. The van der Waals surface area contributed by atoms with Gasteiger partial charge in [-0.25, -0.2) is 4.39 Å². The van der Waals surface area contributed by atoms with Gasteiger partial charge in [0.25, 0.3) is 0 Å². The number of hydrogen-bond acceptors (Lipinski definition) is 1. The largest absolute Gasteiger partial charge is 0.357 e. The van der Waals surface area contributed by atoms with Crippen LogP contribution in [0.3, 0.4) is 0 Å². The minimum absolute atomic E-state index is 0.0481. The third-order valence-corrected chi connectivity index (χ3v) is 4.46. The van der Waals surface area contributed by atoms with Gasteiger partial charge >= 0.3 is 0 Å². The topological polar surface area (TPSA) is 41.4 Å². The smallest absolute Gasteiger partial charge is 0.191 e. The molecule has 3 rings (SSSR count). The van der Waals surface area contributed by atoms with Crippen molar-refractivity contribution in [1.82, 2.24) is 15.2 Å². The third kappa shape index (κ3) is 3.73. The molecule has 1 aromatic heterocycles. The molecule has 4 nitrogen and oxygen atoms in total. The number of nitrogens with one attached hydrogen (secondary N) is 2. The van der Waals surface area contributed by atoms with Crippen molar-refractivity contribution >= 4 is 5.96 Å².